The maximum Gasteiger partial charge on any atom is 0.244 e. The van der Waals surface area contributed by atoms with Crippen molar-refractivity contribution in [3.05, 3.63) is 42.7 Å². The van der Waals surface area contributed by atoms with Crippen LogP contribution in [0.25, 0.3) is 5.65 Å². The number of aromatic nitrogens is 4. The molecule has 0 saturated carbocycles. The summed E-state index contributed by atoms with van der Waals surface area (Å²) >= 11 is 1.35. The van der Waals surface area contributed by atoms with Gasteiger partial charge in [0, 0.05) is 25.5 Å². The molecule has 0 amide bonds. The average molecular weight is 361 g/mol. The van der Waals surface area contributed by atoms with E-state index in [4.69, 9.17) is 0 Å². The van der Waals surface area contributed by atoms with Gasteiger partial charge in [0.25, 0.3) is 0 Å². The standard InChI is InChI=1S/C15H15N5O2S2/c21-24(22,19-8-3-4-9-19)12-6-7-14(16-11-12)23-15-18-17-13-5-1-2-10-20(13)15/h1-2,5-7,10-11H,3-4,8-9H2. The second kappa shape index (κ2) is 6.15. The molecule has 1 aliphatic heterocycles. The number of fused-ring (bicyclic) bond motifs is 1. The van der Waals surface area contributed by atoms with Gasteiger partial charge in [-0.1, -0.05) is 6.07 Å². The quantitative estimate of drug-likeness (QED) is 0.708. The molecule has 0 atom stereocenters. The summed E-state index contributed by atoms with van der Waals surface area (Å²) in [6, 6.07) is 8.98. The lowest BCUT2D eigenvalue weighted by Crippen LogP contribution is -2.27. The molecule has 0 unspecified atom stereocenters. The lowest BCUT2D eigenvalue weighted by atomic mass is 10.4. The minimum Gasteiger partial charge on any atom is -0.277 e. The molecule has 3 aromatic heterocycles. The van der Waals surface area contributed by atoms with Crippen molar-refractivity contribution in [1.82, 2.24) is 23.9 Å². The van der Waals surface area contributed by atoms with Gasteiger partial charge in [0.1, 0.15) is 9.92 Å². The van der Waals surface area contributed by atoms with Gasteiger partial charge in [-0.05, 0) is 48.9 Å². The number of hydrogen-bond acceptors (Lipinski definition) is 6. The fourth-order valence-electron chi connectivity index (χ4n) is 2.64. The molecule has 124 valence electrons. The Kier molecular flexibility index (Phi) is 3.99. The van der Waals surface area contributed by atoms with Gasteiger partial charge < -0.3 is 0 Å². The van der Waals surface area contributed by atoms with Gasteiger partial charge in [-0.25, -0.2) is 13.4 Å². The van der Waals surface area contributed by atoms with Crippen LogP contribution >= 0.6 is 11.8 Å². The molecule has 0 aromatic carbocycles. The van der Waals surface area contributed by atoms with E-state index in [1.165, 1.54) is 22.3 Å². The van der Waals surface area contributed by atoms with Crippen LogP contribution in [-0.2, 0) is 10.0 Å². The van der Waals surface area contributed by atoms with Gasteiger partial charge in [-0.3, -0.25) is 4.40 Å². The first kappa shape index (κ1) is 15.6. The Morgan fingerprint density at radius 3 is 2.62 bits per heavy atom. The Morgan fingerprint density at radius 2 is 1.88 bits per heavy atom. The zero-order valence-corrected chi connectivity index (χ0v) is 14.4. The van der Waals surface area contributed by atoms with Crippen molar-refractivity contribution < 1.29 is 8.42 Å². The minimum atomic E-state index is -3.42. The number of hydrogen-bond donors (Lipinski definition) is 0. The molecule has 0 aliphatic carbocycles. The molecule has 3 aromatic rings. The molecule has 0 N–H and O–H groups in total. The predicted molar refractivity (Wildman–Crippen MR) is 89.3 cm³/mol. The zero-order valence-electron chi connectivity index (χ0n) is 12.7. The molecule has 0 spiro atoms. The van der Waals surface area contributed by atoms with Crippen LogP contribution in [0.2, 0.25) is 0 Å². The van der Waals surface area contributed by atoms with E-state index >= 15 is 0 Å². The molecule has 4 rings (SSSR count). The predicted octanol–water partition coefficient (Wildman–Crippen LogP) is 2.06. The van der Waals surface area contributed by atoms with Crippen molar-refractivity contribution in [2.45, 2.75) is 27.9 Å². The lowest BCUT2D eigenvalue weighted by Gasteiger charge is -2.15. The van der Waals surface area contributed by atoms with E-state index < -0.39 is 10.0 Å². The molecule has 1 fully saturated rings. The maximum absolute atomic E-state index is 12.5. The summed E-state index contributed by atoms with van der Waals surface area (Å²) in [7, 11) is -3.42. The zero-order chi connectivity index (χ0) is 16.6. The fraction of sp³-hybridized carbons (Fsp3) is 0.267. The van der Waals surface area contributed by atoms with E-state index in [0.29, 0.717) is 23.3 Å². The maximum atomic E-state index is 12.5. The number of rotatable bonds is 4. The van der Waals surface area contributed by atoms with Crippen LogP contribution in [0.5, 0.6) is 0 Å². The van der Waals surface area contributed by atoms with E-state index in [1.807, 2.05) is 28.8 Å². The van der Waals surface area contributed by atoms with Crippen molar-refractivity contribution in [3.8, 4) is 0 Å². The second-order valence-corrected chi connectivity index (χ2v) is 8.38. The van der Waals surface area contributed by atoms with Gasteiger partial charge >= 0.3 is 0 Å². The Morgan fingerprint density at radius 1 is 1.04 bits per heavy atom. The first-order chi connectivity index (χ1) is 11.6. The SMILES string of the molecule is O=S(=O)(c1ccc(Sc2nnc3ccccn23)nc1)N1CCCC1. The Bertz CT molecular complexity index is 963. The summed E-state index contributed by atoms with van der Waals surface area (Å²) in [6.07, 6.45) is 5.13. The summed E-state index contributed by atoms with van der Waals surface area (Å²) in [5.74, 6) is 0. The average Bonchev–Trinajstić information content (AvgIpc) is 3.26. The van der Waals surface area contributed by atoms with Crippen LogP contribution in [0.15, 0.2) is 57.8 Å². The van der Waals surface area contributed by atoms with E-state index in [9.17, 15) is 8.42 Å². The molecule has 0 radical (unpaired) electrons. The molecule has 4 heterocycles. The molecular formula is C15H15N5O2S2. The molecule has 7 nitrogen and oxygen atoms in total. The normalized spacial score (nSPS) is 16.0. The lowest BCUT2D eigenvalue weighted by molar-refractivity contribution is 0.477. The third-order valence-corrected chi connectivity index (χ3v) is 6.68. The Hall–Kier alpha value is -1.97. The van der Waals surface area contributed by atoms with E-state index in [-0.39, 0.29) is 4.90 Å². The first-order valence-corrected chi connectivity index (χ1v) is 9.84. The third kappa shape index (κ3) is 2.79. The van der Waals surface area contributed by atoms with Gasteiger partial charge in [0.15, 0.2) is 5.65 Å². The summed E-state index contributed by atoms with van der Waals surface area (Å²) < 4.78 is 28.4. The summed E-state index contributed by atoms with van der Waals surface area (Å²) in [5.41, 5.74) is 0.758. The number of nitrogens with zero attached hydrogens (tertiary/aromatic N) is 5. The largest absolute Gasteiger partial charge is 0.277 e. The number of sulfonamides is 1. The van der Waals surface area contributed by atoms with E-state index in [0.717, 1.165) is 18.5 Å². The van der Waals surface area contributed by atoms with Crippen molar-refractivity contribution in [2.24, 2.45) is 0 Å². The summed E-state index contributed by atoms with van der Waals surface area (Å²) in [6.45, 7) is 1.18. The number of pyridine rings is 2. The highest BCUT2D eigenvalue weighted by molar-refractivity contribution is 7.99. The van der Waals surface area contributed by atoms with Crippen molar-refractivity contribution in [2.75, 3.05) is 13.1 Å². The van der Waals surface area contributed by atoms with Crippen LogP contribution in [0.3, 0.4) is 0 Å². The van der Waals surface area contributed by atoms with Crippen molar-refractivity contribution in [1.29, 1.82) is 0 Å². The molecule has 0 bridgehead atoms. The Balaban J connectivity index is 1.58. The van der Waals surface area contributed by atoms with Crippen molar-refractivity contribution in [3.63, 3.8) is 0 Å². The topological polar surface area (TPSA) is 80.5 Å². The summed E-state index contributed by atoms with van der Waals surface area (Å²) in [4.78, 5) is 4.51. The highest BCUT2D eigenvalue weighted by atomic mass is 32.2. The van der Waals surface area contributed by atoms with Gasteiger partial charge in [-0.15, -0.1) is 10.2 Å². The molecular weight excluding hydrogens is 346 g/mol. The van der Waals surface area contributed by atoms with Gasteiger partial charge in [-0.2, -0.15) is 4.31 Å². The highest BCUT2D eigenvalue weighted by Crippen LogP contribution is 2.26. The van der Waals surface area contributed by atoms with Crippen LogP contribution < -0.4 is 0 Å². The van der Waals surface area contributed by atoms with Crippen LogP contribution in [-0.4, -0.2) is 45.4 Å². The van der Waals surface area contributed by atoms with Gasteiger partial charge in [0.05, 0.1) is 0 Å². The van der Waals surface area contributed by atoms with Gasteiger partial charge in [0.2, 0.25) is 15.2 Å². The molecule has 9 heteroatoms. The fourth-order valence-corrected chi connectivity index (χ4v) is 4.87. The van der Waals surface area contributed by atoms with E-state index in [2.05, 4.69) is 15.2 Å². The second-order valence-electron chi connectivity index (χ2n) is 5.46. The van der Waals surface area contributed by atoms with Crippen LogP contribution in [0, 0.1) is 0 Å². The third-order valence-electron chi connectivity index (χ3n) is 3.89. The van der Waals surface area contributed by atoms with Crippen LogP contribution in [0.1, 0.15) is 12.8 Å². The molecule has 1 aliphatic rings. The monoisotopic (exact) mass is 361 g/mol. The Labute approximate surface area is 143 Å². The van der Waals surface area contributed by atoms with E-state index in [1.54, 1.807) is 12.1 Å². The minimum absolute atomic E-state index is 0.236. The van der Waals surface area contributed by atoms with Crippen LogP contribution in [0.4, 0.5) is 0 Å². The highest BCUT2D eigenvalue weighted by Gasteiger charge is 2.27. The summed E-state index contributed by atoms with van der Waals surface area (Å²) in [5, 5.41) is 9.58. The molecule has 1 saturated heterocycles. The smallest absolute Gasteiger partial charge is 0.244 e. The van der Waals surface area contributed by atoms with Crippen molar-refractivity contribution >= 4 is 27.4 Å². The molecule has 24 heavy (non-hydrogen) atoms. The first-order valence-electron chi connectivity index (χ1n) is 7.58.